The second-order valence-electron chi connectivity index (χ2n) is 3.03. The molecule has 0 spiro atoms. The third kappa shape index (κ3) is 5.32. The largest absolute Gasteiger partial charge is 0.480 e. The van der Waals surface area contributed by atoms with E-state index >= 15 is 0 Å². The van der Waals surface area contributed by atoms with E-state index in [2.05, 4.69) is 0 Å². The number of para-hydroxylation sites is 1. The van der Waals surface area contributed by atoms with E-state index < -0.39 is 12.4 Å². The lowest BCUT2D eigenvalue weighted by atomic mass is 10.1. The smallest absolute Gasteiger partial charge is 0.317 e. The van der Waals surface area contributed by atoms with Gasteiger partial charge >= 0.3 is 5.97 Å². The van der Waals surface area contributed by atoms with Crippen LogP contribution in [0, 0.1) is 25.2 Å². The summed E-state index contributed by atoms with van der Waals surface area (Å²) in [7, 11) is 0. The molecule has 0 aliphatic carbocycles. The third-order valence-electron chi connectivity index (χ3n) is 1.77. The average molecular weight is 206 g/mol. The molecule has 0 bridgehead atoms. The minimum absolute atomic E-state index is 0.403. The zero-order valence-corrected chi connectivity index (χ0v) is 8.82. The highest BCUT2D eigenvalue weighted by Crippen LogP contribution is 2.13. The molecule has 0 saturated heterocycles. The molecular formula is C11H14N2O2. The Morgan fingerprint density at radius 1 is 1.47 bits per heavy atom. The molecule has 1 aromatic carbocycles. The Balaban J connectivity index is 0.000000288. The summed E-state index contributed by atoms with van der Waals surface area (Å²) in [5.74, 6) is -1.07. The number of nitriles is 1. The van der Waals surface area contributed by atoms with Gasteiger partial charge in [-0.2, -0.15) is 5.26 Å². The molecule has 0 aromatic heterocycles. The number of rotatable bonds is 1. The molecule has 0 radical (unpaired) electrons. The second kappa shape index (κ2) is 6.44. The fourth-order valence-corrected chi connectivity index (χ4v) is 0.895. The normalized spacial score (nSPS) is 8.33. The Morgan fingerprint density at radius 2 is 1.93 bits per heavy atom. The first kappa shape index (κ1) is 13.0. The monoisotopic (exact) mass is 206 g/mol. The number of carbonyl (C=O) groups is 1. The van der Waals surface area contributed by atoms with Crippen molar-refractivity contribution in [2.75, 3.05) is 5.73 Å². The summed E-state index contributed by atoms with van der Waals surface area (Å²) in [6.07, 6.45) is -0.403. The van der Waals surface area contributed by atoms with Crippen molar-refractivity contribution in [3.8, 4) is 6.07 Å². The van der Waals surface area contributed by atoms with E-state index in [1.807, 2.05) is 32.0 Å². The minimum atomic E-state index is -1.07. The van der Waals surface area contributed by atoms with Crippen LogP contribution < -0.4 is 5.73 Å². The fraction of sp³-hybridized carbons (Fsp3) is 0.273. The maximum Gasteiger partial charge on any atom is 0.317 e. The second-order valence-corrected chi connectivity index (χ2v) is 3.03. The molecule has 4 heteroatoms. The van der Waals surface area contributed by atoms with Gasteiger partial charge in [0.1, 0.15) is 6.42 Å². The van der Waals surface area contributed by atoms with Gasteiger partial charge in [-0.3, -0.25) is 4.79 Å². The Morgan fingerprint density at radius 3 is 2.13 bits per heavy atom. The van der Waals surface area contributed by atoms with Gasteiger partial charge in [0.05, 0.1) is 6.07 Å². The molecule has 0 aliphatic heterocycles. The molecule has 0 saturated carbocycles. The van der Waals surface area contributed by atoms with Crippen LogP contribution in [0.2, 0.25) is 0 Å². The first-order valence-corrected chi connectivity index (χ1v) is 4.39. The summed E-state index contributed by atoms with van der Waals surface area (Å²) in [5, 5.41) is 15.3. The molecule has 15 heavy (non-hydrogen) atoms. The van der Waals surface area contributed by atoms with Gasteiger partial charge in [0.15, 0.2) is 0 Å². The van der Waals surface area contributed by atoms with Crippen LogP contribution in [0.15, 0.2) is 18.2 Å². The maximum absolute atomic E-state index is 9.38. The molecule has 0 amide bonds. The van der Waals surface area contributed by atoms with E-state index in [0.29, 0.717) is 0 Å². The van der Waals surface area contributed by atoms with E-state index in [4.69, 9.17) is 16.1 Å². The van der Waals surface area contributed by atoms with Crippen LogP contribution in [0.5, 0.6) is 0 Å². The van der Waals surface area contributed by atoms with Crippen molar-refractivity contribution < 1.29 is 9.90 Å². The molecule has 0 heterocycles. The van der Waals surface area contributed by atoms with Gasteiger partial charge in [0.2, 0.25) is 0 Å². The van der Waals surface area contributed by atoms with Gasteiger partial charge in [-0.1, -0.05) is 18.2 Å². The van der Waals surface area contributed by atoms with Gasteiger partial charge in [0.25, 0.3) is 0 Å². The number of benzene rings is 1. The molecule has 1 aromatic rings. The number of hydrogen-bond acceptors (Lipinski definition) is 3. The average Bonchev–Trinajstić information content (AvgIpc) is 2.15. The Labute approximate surface area is 89.0 Å². The van der Waals surface area contributed by atoms with Gasteiger partial charge in [0, 0.05) is 5.69 Å². The van der Waals surface area contributed by atoms with Crippen LogP contribution in [0.4, 0.5) is 5.69 Å². The summed E-state index contributed by atoms with van der Waals surface area (Å²) < 4.78 is 0. The molecule has 1 rings (SSSR count). The van der Waals surface area contributed by atoms with E-state index in [0.717, 1.165) is 16.8 Å². The topological polar surface area (TPSA) is 87.1 Å². The molecule has 0 aliphatic rings. The zero-order valence-electron chi connectivity index (χ0n) is 8.82. The lowest BCUT2D eigenvalue weighted by Crippen LogP contribution is -1.91. The first-order valence-electron chi connectivity index (χ1n) is 4.39. The number of anilines is 1. The predicted octanol–water partition coefficient (Wildman–Crippen LogP) is 1.87. The van der Waals surface area contributed by atoms with Crippen molar-refractivity contribution in [1.29, 1.82) is 5.26 Å². The SMILES string of the molecule is Cc1cccc(C)c1N.N#CCC(=O)O. The summed E-state index contributed by atoms with van der Waals surface area (Å²) in [5.41, 5.74) is 8.92. The molecule has 3 N–H and O–H groups in total. The number of aryl methyl sites for hydroxylation is 2. The Bertz CT molecular complexity index is 360. The van der Waals surface area contributed by atoms with Crippen LogP contribution in [0.3, 0.4) is 0 Å². The van der Waals surface area contributed by atoms with Crippen molar-refractivity contribution in [3.63, 3.8) is 0 Å². The first-order chi connectivity index (χ1) is 6.99. The third-order valence-corrected chi connectivity index (χ3v) is 1.77. The van der Waals surface area contributed by atoms with E-state index in [1.165, 1.54) is 6.07 Å². The molecule has 0 atom stereocenters. The highest BCUT2D eigenvalue weighted by atomic mass is 16.4. The van der Waals surface area contributed by atoms with Crippen LogP contribution >= 0.6 is 0 Å². The molecular weight excluding hydrogens is 192 g/mol. The number of nitrogens with two attached hydrogens (primary N) is 1. The Hall–Kier alpha value is -2.02. The van der Waals surface area contributed by atoms with E-state index in [1.54, 1.807) is 0 Å². The van der Waals surface area contributed by atoms with Crippen molar-refractivity contribution in [1.82, 2.24) is 0 Å². The quantitative estimate of drug-likeness (QED) is 0.686. The van der Waals surface area contributed by atoms with Crippen molar-refractivity contribution in [2.24, 2.45) is 0 Å². The van der Waals surface area contributed by atoms with Crippen molar-refractivity contribution in [2.45, 2.75) is 20.3 Å². The number of nitrogen functional groups attached to an aromatic ring is 1. The Kier molecular flexibility index (Phi) is 5.57. The number of carboxylic acid groups (broad SMARTS) is 1. The van der Waals surface area contributed by atoms with E-state index in [9.17, 15) is 4.79 Å². The number of aliphatic carboxylic acids is 1. The van der Waals surface area contributed by atoms with Gasteiger partial charge in [-0.05, 0) is 25.0 Å². The molecule has 80 valence electrons. The van der Waals surface area contributed by atoms with E-state index in [-0.39, 0.29) is 0 Å². The molecule has 4 nitrogen and oxygen atoms in total. The number of carboxylic acids is 1. The summed E-state index contributed by atoms with van der Waals surface area (Å²) in [6, 6.07) is 7.51. The zero-order chi connectivity index (χ0) is 11.8. The van der Waals surface area contributed by atoms with Gasteiger partial charge in [-0.25, -0.2) is 0 Å². The maximum atomic E-state index is 9.38. The van der Waals surface area contributed by atoms with Crippen LogP contribution in [-0.4, -0.2) is 11.1 Å². The summed E-state index contributed by atoms with van der Waals surface area (Å²) in [6.45, 7) is 4.03. The summed E-state index contributed by atoms with van der Waals surface area (Å²) in [4.78, 5) is 9.38. The van der Waals surface area contributed by atoms with Crippen LogP contribution in [0.1, 0.15) is 17.5 Å². The highest BCUT2D eigenvalue weighted by molar-refractivity contribution is 5.69. The van der Waals surface area contributed by atoms with Gasteiger partial charge in [-0.15, -0.1) is 0 Å². The lowest BCUT2D eigenvalue weighted by Gasteiger charge is -2.00. The molecule has 0 fully saturated rings. The fourth-order valence-electron chi connectivity index (χ4n) is 0.895. The number of hydrogen-bond donors (Lipinski definition) is 2. The van der Waals surface area contributed by atoms with Crippen molar-refractivity contribution in [3.05, 3.63) is 29.3 Å². The lowest BCUT2D eigenvalue weighted by molar-refractivity contribution is -0.135. The van der Waals surface area contributed by atoms with Crippen LogP contribution in [0.25, 0.3) is 0 Å². The number of nitrogens with zero attached hydrogens (tertiary/aromatic N) is 1. The highest BCUT2D eigenvalue weighted by Gasteiger charge is 1.92. The summed E-state index contributed by atoms with van der Waals surface area (Å²) >= 11 is 0. The van der Waals surface area contributed by atoms with Crippen LogP contribution in [-0.2, 0) is 4.79 Å². The van der Waals surface area contributed by atoms with Crippen molar-refractivity contribution >= 4 is 11.7 Å². The standard InChI is InChI=1S/C8H11N.C3H3NO2/c1-6-4-3-5-7(2)8(6)9;4-2-1-3(5)6/h3-5H,9H2,1-2H3;1H2,(H,5,6). The molecule has 0 unspecified atom stereocenters. The predicted molar refractivity (Wildman–Crippen MR) is 58.2 cm³/mol. The minimum Gasteiger partial charge on any atom is -0.480 e. The van der Waals surface area contributed by atoms with Gasteiger partial charge < -0.3 is 10.8 Å².